The van der Waals surface area contributed by atoms with E-state index in [9.17, 15) is 9.18 Å². The van der Waals surface area contributed by atoms with Gasteiger partial charge in [-0.15, -0.1) is 11.3 Å². The Morgan fingerprint density at radius 3 is 2.88 bits per heavy atom. The predicted molar refractivity (Wildman–Crippen MR) is 99.8 cm³/mol. The van der Waals surface area contributed by atoms with Crippen LogP contribution in [0.15, 0.2) is 48.1 Å². The van der Waals surface area contributed by atoms with Crippen molar-refractivity contribution in [2.24, 2.45) is 7.05 Å². The molecule has 0 aliphatic carbocycles. The first-order chi connectivity index (χ1) is 12.6. The van der Waals surface area contributed by atoms with Crippen LogP contribution in [-0.2, 0) is 7.05 Å². The van der Waals surface area contributed by atoms with Gasteiger partial charge < -0.3 is 0 Å². The minimum absolute atomic E-state index is 0.0177. The first kappa shape index (κ1) is 16.6. The highest BCUT2D eigenvalue weighted by Gasteiger charge is 2.16. The zero-order chi connectivity index (χ0) is 18.1. The van der Waals surface area contributed by atoms with Crippen LogP contribution in [0.2, 0.25) is 0 Å². The summed E-state index contributed by atoms with van der Waals surface area (Å²) in [6.07, 6.45) is 3.39. The fourth-order valence-electron chi connectivity index (χ4n) is 2.41. The fraction of sp³-hybridized carbons (Fsp3) is 0.0588. The van der Waals surface area contributed by atoms with Crippen LogP contribution in [0.5, 0.6) is 0 Å². The van der Waals surface area contributed by atoms with Crippen molar-refractivity contribution in [3.8, 4) is 21.3 Å². The molecule has 0 saturated heterocycles. The van der Waals surface area contributed by atoms with Crippen molar-refractivity contribution >= 4 is 33.7 Å². The summed E-state index contributed by atoms with van der Waals surface area (Å²) in [6.45, 7) is 0. The lowest BCUT2D eigenvalue weighted by atomic mass is 10.2. The lowest BCUT2D eigenvalue weighted by Gasteiger charge is -2.02. The summed E-state index contributed by atoms with van der Waals surface area (Å²) in [5, 5.41) is 10.2. The quantitative estimate of drug-likeness (QED) is 0.575. The van der Waals surface area contributed by atoms with E-state index in [1.165, 1.54) is 40.9 Å². The molecule has 0 bridgehead atoms. The Balaban J connectivity index is 1.57. The van der Waals surface area contributed by atoms with Crippen molar-refractivity contribution in [3.05, 3.63) is 59.5 Å². The molecule has 0 aliphatic heterocycles. The Bertz CT molecular complexity index is 1070. The SMILES string of the molecule is Cn1nc(-c2nccs2)cc1-c1cnc(NC(=O)c2ccccc2F)s1. The van der Waals surface area contributed by atoms with E-state index in [0.29, 0.717) is 5.13 Å². The summed E-state index contributed by atoms with van der Waals surface area (Å²) in [7, 11) is 1.84. The molecule has 4 rings (SSSR count). The molecule has 0 saturated carbocycles. The van der Waals surface area contributed by atoms with Gasteiger partial charge in [-0.1, -0.05) is 23.5 Å². The van der Waals surface area contributed by atoms with Crippen LogP contribution in [0.4, 0.5) is 9.52 Å². The number of aromatic nitrogens is 4. The maximum Gasteiger partial charge on any atom is 0.260 e. The number of halogens is 1. The number of benzene rings is 1. The van der Waals surface area contributed by atoms with Gasteiger partial charge in [0.2, 0.25) is 0 Å². The number of anilines is 1. The van der Waals surface area contributed by atoms with Crippen molar-refractivity contribution in [2.75, 3.05) is 5.32 Å². The average Bonchev–Trinajstić information content (AvgIpc) is 3.35. The minimum atomic E-state index is -0.568. The molecular formula is C17H12FN5OS2. The number of nitrogens with one attached hydrogen (secondary N) is 1. The lowest BCUT2D eigenvalue weighted by Crippen LogP contribution is -2.13. The first-order valence-electron chi connectivity index (χ1n) is 7.58. The van der Waals surface area contributed by atoms with E-state index >= 15 is 0 Å². The molecule has 3 heterocycles. The largest absolute Gasteiger partial charge is 0.298 e. The van der Waals surface area contributed by atoms with Crippen LogP contribution >= 0.6 is 22.7 Å². The van der Waals surface area contributed by atoms with Crippen molar-refractivity contribution in [3.63, 3.8) is 0 Å². The van der Waals surface area contributed by atoms with Gasteiger partial charge in [0.25, 0.3) is 5.91 Å². The summed E-state index contributed by atoms with van der Waals surface area (Å²) in [5.41, 5.74) is 1.62. The lowest BCUT2D eigenvalue weighted by molar-refractivity contribution is 0.102. The standard InChI is InChI=1S/C17H12FN5OS2/c1-23-13(8-12(22-23)16-19-6-7-25-16)14-9-20-17(26-14)21-15(24)10-4-2-3-5-11(10)18/h2-9H,1H3,(H,20,21,24). The molecule has 6 nitrogen and oxygen atoms in total. The Morgan fingerprint density at radius 2 is 2.12 bits per heavy atom. The smallest absolute Gasteiger partial charge is 0.260 e. The normalized spacial score (nSPS) is 10.8. The number of hydrogen-bond acceptors (Lipinski definition) is 6. The van der Waals surface area contributed by atoms with E-state index < -0.39 is 11.7 Å². The Hall–Kier alpha value is -2.91. The van der Waals surface area contributed by atoms with Gasteiger partial charge in [-0.2, -0.15) is 5.10 Å². The van der Waals surface area contributed by atoms with Gasteiger partial charge in [0.15, 0.2) is 5.13 Å². The Labute approximate surface area is 156 Å². The molecule has 0 atom stereocenters. The molecule has 1 N–H and O–H groups in total. The van der Waals surface area contributed by atoms with E-state index in [1.54, 1.807) is 23.1 Å². The van der Waals surface area contributed by atoms with Gasteiger partial charge >= 0.3 is 0 Å². The average molecular weight is 385 g/mol. The highest BCUT2D eigenvalue weighted by Crippen LogP contribution is 2.32. The molecular weight excluding hydrogens is 373 g/mol. The maximum atomic E-state index is 13.7. The second-order valence-corrected chi connectivity index (χ2v) is 7.26. The summed E-state index contributed by atoms with van der Waals surface area (Å²) in [4.78, 5) is 21.5. The fourth-order valence-corrected chi connectivity index (χ4v) is 3.86. The molecule has 0 fully saturated rings. The van der Waals surface area contributed by atoms with E-state index in [0.717, 1.165) is 21.3 Å². The van der Waals surface area contributed by atoms with Gasteiger partial charge in [0.1, 0.15) is 16.5 Å². The predicted octanol–water partition coefficient (Wildman–Crippen LogP) is 4.06. The summed E-state index contributed by atoms with van der Waals surface area (Å²) in [6, 6.07) is 7.75. The van der Waals surface area contributed by atoms with Crippen LogP contribution < -0.4 is 5.32 Å². The van der Waals surface area contributed by atoms with Crippen LogP contribution in [0.25, 0.3) is 21.3 Å². The number of rotatable bonds is 4. The van der Waals surface area contributed by atoms with Gasteiger partial charge in [-0.3, -0.25) is 14.8 Å². The third-order valence-corrected chi connectivity index (χ3v) is 5.36. The number of carbonyl (C=O) groups is 1. The monoisotopic (exact) mass is 385 g/mol. The van der Waals surface area contributed by atoms with Crippen LogP contribution in [0.3, 0.4) is 0 Å². The molecule has 0 spiro atoms. The Kier molecular flexibility index (Phi) is 4.31. The number of nitrogens with zero attached hydrogens (tertiary/aromatic N) is 4. The van der Waals surface area contributed by atoms with Gasteiger partial charge in [-0.05, 0) is 18.2 Å². The van der Waals surface area contributed by atoms with Crippen LogP contribution in [0.1, 0.15) is 10.4 Å². The van der Waals surface area contributed by atoms with Crippen LogP contribution in [-0.4, -0.2) is 25.7 Å². The Morgan fingerprint density at radius 1 is 1.27 bits per heavy atom. The van der Waals surface area contributed by atoms with Gasteiger partial charge in [-0.25, -0.2) is 14.4 Å². The molecule has 130 valence electrons. The molecule has 1 aromatic carbocycles. The summed E-state index contributed by atoms with van der Waals surface area (Å²) >= 11 is 2.81. The third-order valence-electron chi connectivity index (χ3n) is 3.63. The topological polar surface area (TPSA) is 72.7 Å². The zero-order valence-corrected chi connectivity index (χ0v) is 15.1. The van der Waals surface area contributed by atoms with Crippen molar-refractivity contribution in [1.82, 2.24) is 19.7 Å². The number of carbonyl (C=O) groups excluding carboxylic acids is 1. The number of amides is 1. The molecule has 9 heteroatoms. The van der Waals surface area contributed by atoms with Crippen LogP contribution in [0, 0.1) is 5.82 Å². The van der Waals surface area contributed by atoms with Gasteiger partial charge in [0, 0.05) is 24.8 Å². The number of hydrogen-bond donors (Lipinski definition) is 1. The number of thiazole rings is 2. The van der Waals surface area contributed by atoms with Crippen molar-refractivity contribution in [2.45, 2.75) is 0 Å². The molecule has 3 aromatic heterocycles. The highest BCUT2D eigenvalue weighted by atomic mass is 32.1. The van der Waals surface area contributed by atoms with E-state index in [1.807, 2.05) is 18.5 Å². The van der Waals surface area contributed by atoms with E-state index in [4.69, 9.17) is 0 Å². The maximum absolute atomic E-state index is 13.7. The van der Waals surface area contributed by atoms with Crippen molar-refractivity contribution in [1.29, 1.82) is 0 Å². The third kappa shape index (κ3) is 3.14. The number of aryl methyl sites for hydroxylation is 1. The summed E-state index contributed by atoms with van der Waals surface area (Å²) in [5.74, 6) is -1.10. The molecule has 0 radical (unpaired) electrons. The minimum Gasteiger partial charge on any atom is -0.298 e. The van der Waals surface area contributed by atoms with E-state index in [2.05, 4.69) is 20.4 Å². The first-order valence-corrected chi connectivity index (χ1v) is 9.27. The second kappa shape index (κ2) is 6.77. The molecule has 26 heavy (non-hydrogen) atoms. The van der Waals surface area contributed by atoms with E-state index in [-0.39, 0.29) is 5.56 Å². The van der Waals surface area contributed by atoms with Gasteiger partial charge in [0.05, 0.1) is 16.1 Å². The molecule has 4 aromatic rings. The second-order valence-electron chi connectivity index (χ2n) is 5.34. The van der Waals surface area contributed by atoms with Crippen molar-refractivity contribution < 1.29 is 9.18 Å². The zero-order valence-electron chi connectivity index (χ0n) is 13.5. The highest BCUT2D eigenvalue weighted by molar-refractivity contribution is 7.19. The summed E-state index contributed by atoms with van der Waals surface area (Å²) < 4.78 is 15.5. The molecule has 0 unspecified atom stereocenters. The molecule has 1 amide bonds. The molecule has 0 aliphatic rings.